The summed E-state index contributed by atoms with van der Waals surface area (Å²) in [5, 5.41) is 2.35. The average molecular weight is 1710 g/mol. The van der Waals surface area contributed by atoms with Crippen LogP contribution in [0.3, 0.4) is 0 Å². The van der Waals surface area contributed by atoms with Crippen molar-refractivity contribution in [1.29, 1.82) is 0 Å². The zero-order chi connectivity index (χ0) is 87.1. The Morgan fingerprint density at radius 1 is 0.244 bits per heavy atom. The van der Waals surface area contributed by atoms with E-state index in [0.29, 0.717) is 11.8 Å². The van der Waals surface area contributed by atoms with E-state index in [-0.39, 0.29) is 5.41 Å². The summed E-state index contributed by atoms with van der Waals surface area (Å²) in [7, 11) is 0. The summed E-state index contributed by atoms with van der Waals surface area (Å²) in [5.41, 5.74) is 35.3. The third-order valence-corrected chi connectivity index (χ3v) is 34.8. The van der Waals surface area contributed by atoms with E-state index in [1.165, 1.54) is 319 Å². The van der Waals surface area contributed by atoms with Crippen LogP contribution in [0.4, 0.5) is 51.2 Å². The number of benzene rings is 14. The Hall–Kier alpha value is -11.7. The lowest BCUT2D eigenvalue weighted by Gasteiger charge is -2.34. The van der Waals surface area contributed by atoms with Gasteiger partial charge >= 0.3 is 0 Å². The van der Waals surface area contributed by atoms with Crippen LogP contribution in [-0.2, 0) is 10.8 Å². The van der Waals surface area contributed by atoms with Crippen molar-refractivity contribution in [2.75, 3.05) is 14.7 Å². The van der Waals surface area contributed by atoms with E-state index in [0.717, 1.165) is 70.3 Å². The minimum absolute atomic E-state index is 0.00983. The van der Waals surface area contributed by atoms with E-state index in [1.807, 2.05) is 0 Å². The van der Waals surface area contributed by atoms with Gasteiger partial charge in [-0.25, -0.2) is 0 Å². The van der Waals surface area contributed by atoms with E-state index >= 15 is 0 Å². The number of hydrogen-bond donors (Lipinski definition) is 0. The average Bonchev–Trinajstić information content (AvgIpc) is 1.53. The number of rotatable bonds is 17. The highest BCUT2D eigenvalue weighted by Gasteiger charge is 2.49. The number of fused-ring (bicyclic) bond motifs is 15. The maximum Gasteiger partial charge on any atom is 0.137 e. The highest BCUT2D eigenvalue weighted by atomic mass is 16.3. The quantitative estimate of drug-likeness (QED) is 0.0906. The first-order chi connectivity index (χ1) is 64.7. The van der Waals surface area contributed by atoms with Gasteiger partial charge in [-0.05, 0) is 348 Å². The molecule has 0 aliphatic heterocycles. The summed E-state index contributed by atoms with van der Waals surface area (Å²) >= 11 is 0. The first-order valence-electron chi connectivity index (χ1n) is 51.2. The van der Waals surface area contributed by atoms with E-state index in [1.54, 1.807) is 5.56 Å². The molecule has 131 heavy (non-hydrogen) atoms. The summed E-state index contributed by atoms with van der Waals surface area (Å²) in [6.45, 7) is 4.77. The summed E-state index contributed by atoms with van der Waals surface area (Å²) < 4.78 is 6.30. The standard InChI is InChI=1S/C50H47N.C40H43N.C37H37NO/c1-4-13-36(14-5-1)37-25-29-42(30-26-37)51(43-31-27-38(28-32-43)45-34-35-23-24-39(45)33-35)48-22-12-21-47-49(48)44-19-10-11-20-46(44)50(47,40-15-6-2-7-16-40)41-17-8-3-9-18-41;1-40(2)36-12-7-6-11-34(36)39-37(40)13-8-14-38(39)41(32-21-17-29(18-22-32)28-9-4-3-5-10-28)33-23-19-30(20-24-33)35-26-27-15-16-31(35)25-27;1-2-7-26(8-3-1)27-15-19-30(20-16-27)38(31-21-17-28(18-22-31)33-24-25-13-14-29(33)23-25)34-10-6-12-36-37(34)32-9-4-5-11-35(32)39-36/h2-3,6-12,15-22,25-32,35-36,39,45H,1,4-5,13-14,23-24,33-34H2;6-8,11-14,17-24,27-28,31,35H,3-5,9-10,15-16,25-26H2,1-2H3;4-6,9-12,15-22,25-26,29,33H,1-3,7-8,13-14,23-24H2. The molecule has 4 nitrogen and oxygen atoms in total. The highest BCUT2D eigenvalue weighted by molar-refractivity contribution is 6.13. The van der Waals surface area contributed by atoms with Gasteiger partial charge in [0, 0.05) is 56.1 Å². The first kappa shape index (κ1) is 82.4. The van der Waals surface area contributed by atoms with Crippen LogP contribution in [0.25, 0.3) is 44.2 Å². The minimum atomic E-state index is -0.424. The molecule has 9 atom stereocenters. The predicted octanol–water partition coefficient (Wildman–Crippen LogP) is 35.9. The lowest BCUT2D eigenvalue weighted by atomic mass is 9.68. The van der Waals surface area contributed by atoms with Crippen molar-refractivity contribution in [1.82, 2.24) is 0 Å². The molecule has 15 aromatic rings. The van der Waals surface area contributed by atoms with E-state index in [4.69, 9.17) is 4.42 Å². The van der Waals surface area contributed by atoms with Crippen molar-refractivity contribution in [3.8, 4) is 22.3 Å². The van der Waals surface area contributed by atoms with Gasteiger partial charge in [-0.15, -0.1) is 0 Å². The zero-order valence-electron chi connectivity index (χ0n) is 77.0. The van der Waals surface area contributed by atoms with Gasteiger partial charge < -0.3 is 19.1 Å². The number of anilines is 9. The van der Waals surface area contributed by atoms with Crippen LogP contribution in [-0.4, -0.2) is 0 Å². The molecule has 1 aromatic heterocycles. The van der Waals surface area contributed by atoms with Crippen molar-refractivity contribution >= 4 is 73.1 Å². The molecule has 1 heterocycles. The van der Waals surface area contributed by atoms with Crippen LogP contribution in [0.5, 0.6) is 0 Å². The fourth-order valence-corrected chi connectivity index (χ4v) is 28.4. The van der Waals surface area contributed by atoms with Gasteiger partial charge in [0.1, 0.15) is 11.2 Å². The van der Waals surface area contributed by atoms with Crippen LogP contribution in [0, 0.1) is 35.5 Å². The molecular weight excluding hydrogens is 1580 g/mol. The largest absolute Gasteiger partial charge is 0.456 e. The molecule has 11 aliphatic rings. The monoisotopic (exact) mass is 1710 g/mol. The maximum atomic E-state index is 6.30. The van der Waals surface area contributed by atoms with Crippen molar-refractivity contribution in [2.24, 2.45) is 35.5 Å². The zero-order valence-corrected chi connectivity index (χ0v) is 77.0. The number of hydrogen-bond acceptors (Lipinski definition) is 4. The van der Waals surface area contributed by atoms with Gasteiger partial charge in [0.05, 0.1) is 27.9 Å². The van der Waals surface area contributed by atoms with Crippen LogP contribution >= 0.6 is 0 Å². The van der Waals surface area contributed by atoms with Crippen molar-refractivity contribution in [2.45, 2.75) is 234 Å². The molecule has 26 rings (SSSR count). The summed E-state index contributed by atoms with van der Waals surface area (Å²) in [6.07, 6.45) is 37.4. The van der Waals surface area contributed by atoms with Gasteiger partial charge in [-0.2, -0.15) is 0 Å². The lowest BCUT2D eigenvalue weighted by molar-refractivity contribution is 0.420. The fraction of sp³-hybridized carbons (Fsp3) is 0.339. The normalized spacial score (nSPS) is 22.9. The molecule has 0 radical (unpaired) electrons. The fourth-order valence-electron chi connectivity index (χ4n) is 28.4. The minimum Gasteiger partial charge on any atom is -0.456 e. The smallest absolute Gasteiger partial charge is 0.137 e. The maximum absolute atomic E-state index is 6.30. The molecule has 4 heteroatoms. The van der Waals surface area contributed by atoms with Gasteiger partial charge in [0.15, 0.2) is 0 Å². The highest BCUT2D eigenvalue weighted by Crippen LogP contribution is 2.63. The molecule has 0 spiro atoms. The molecule has 9 saturated carbocycles. The molecule has 9 fully saturated rings. The molecule has 0 amide bonds. The van der Waals surface area contributed by atoms with E-state index < -0.39 is 5.41 Å². The molecule has 14 aromatic carbocycles. The molecule has 0 saturated heterocycles. The summed E-state index contributed by atoms with van der Waals surface area (Å²) in [5.74, 6) is 9.93. The van der Waals surface area contributed by atoms with Crippen molar-refractivity contribution in [3.63, 3.8) is 0 Å². The van der Waals surface area contributed by atoms with Crippen molar-refractivity contribution < 1.29 is 4.42 Å². The van der Waals surface area contributed by atoms with Crippen LogP contribution in [0.1, 0.15) is 289 Å². The summed E-state index contributed by atoms with van der Waals surface area (Å²) in [6, 6.07) is 127. The van der Waals surface area contributed by atoms with Crippen LogP contribution in [0.2, 0.25) is 0 Å². The molecular formula is C127H127N3O. The molecule has 656 valence electrons. The van der Waals surface area contributed by atoms with Gasteiger partial charge in [0.25, 0.3) is 0 Å². The number of para-hydroxylation sites is 1. The predicted molar refractivity (Wildman–Crippen MR) is 548 cm³/mol. The van der Waals surface area contributed by atoms with Crippen LogP contribution < -0.4 is 14.7 Å². The van der Waals surface area contributed by atoms with E-state index in [9.17, 15) is 0 Å². The lowest BCUT2D eigenvalue weighted by Crippen LogP contribution is -2.28. The topological polar surface area (TPSA) is 22.9 Å². The molecule has 11 aliphatic carbocycles. The third-order valence-electron chi connectivity index (χ3n) is 34.8. The van der Waals surface area contributed by atoms with Gasteiger partial charge in [-0.1, -0.05) is 321 Å². The van der Waals surface area contributed by atoms with Crippen LogP contribution in [0.15, 0.2) is 338 Å². The van der Waals surface area contributed by atoms with Gasteiger partial charge in [0.2, 0.25) is 0 Å². The second kappa shape index (κ2) is 35.1. The van der Waals surface area contributed by atoms with Gasteiger partial charge in [-0.3, -0.25) is 0 Å². The third kappa shape index (κ3) is 15.0. The Morgan fingerprint density at radius 2 is 0.565 bits per heavy atom. The SMILES string of the molecule is CC1(C)c2ccccc2-c2c(N(c3ccc(C4CCCCC4)cc3)c3ccc(C4CC5CCC4C5)cc3)cccc21.c1ccc(C2(c3ccccc3)c3ccccc3-c3c(N(c4ccc(C5CCCCC5)cc4)c4ccc(C5CC6CCC5C6)cc4)cccc32)cc1.c1ccc2c(c1)oc1cccc(N(c3ccc(C4CCCCC4)cc3)c3ccc(C4CC5CCC4C5)cc3)c12. The number of nitrogens with zero attached hydrogens (tertiary/aromatic N) is 3. The van der Waals surface area contributed by atoms with Crippen molar-refractivity contribution in [3.05, 3.63) is 400 Å². The molecule has 6 bridgehead atoms. The second-order valence-corrected chi connectivity index (χ2v) is 42.3. The summed E-state index contributed by atoms with van der Waals surface area (Å²) in [4.78, 5) is 7.53. The Labute approximate surface area is 778 Å². The Morgan fingerprint density at radius 3 is 0.969 bits per heavy atom. The molecule has 0 N–H and O–H groups in total. The Kier molecular flexibility index (Phi) is 22.1. The number of furan rings is 1. The first-order valence-corrected chi connectivity index (χ1v) is 51.2. The Bertz CT molecular complexity index is 6520. The Balaban J connectivity index is 0.000000110. The molecule has 9 unspecified atom stereocenters. The van der Waals surface area contributed by atoms with E-state index in [2.05, 4.69) is 362 Å². The second-order valence-electron chi connectivity index (χ2n) is 42.3.